The van der Waals surface area contributed by atoms with Crippen molar-refractivity contribution in [3.8, 4) is 11.5 Å². The zero-order chi connectivity index (χ0) is 15.8. The Bertz CT molecular complexity index is 595. The third kappa shape index (κ3) is 4.39. The van der Waals surface area contributed by atoms with Crippen LogP contribution in [-0.2, 0) is 6.42 Å². The van der Waals surface area contributed by atoms with Crippen molar-refractivity contribution in [3.63, 3.8) is 0 Å². The number of ether oxygens (including phenoxy) is 2. The molecule has 0 N–H and O–H groups in total. The van der Waals surface area contributed by atoms with Gasteiger partial charge in [0, 0.05) is 10.9 Å². The standard InChI is InChI=1S/C19H25BrO2/c1-3-12-21-16-8-9-18-15(14-16)7-10-19(17(18)4-2)22-13-6-5-11-20/h7-10,14H,3-6,11-13H2,1-2H3. The molecule has 0 radical (unpaired) electrons. The molecule has 22 heavy (non-hydrogen) atoms. The van der Waals surface area contributed by atoms with Crippen LogP contribution in [0.25, 0.3) is 10.8 Å². The highest BCUT2D eigenvalue weighted by atomic mass is 79.9. The molecule has 0 saturated heterocycles. The molecule has 0 heterocycles. The monoisotopic (exact) mass is 364 g/mol. The van der Waals surface area contributed by atoms with Crippen molar-refractivity contribution in [1.82, 2.24) is 0 Å². The minimum Gasteiger partial charge on any atom is -0.494 e. The highest BCUT2D eigenvalue weighted by Gasteiger charge is 2.08. The highest BCUT2D eigenvalue weighted by molar-refractivity contribution is 9.09. The number of hydrogen-bond acceptors (Lipinski definition) is 2. The third-order valence-electron chi connectivity index (χ3n) is 3.67. The number of rotatable bonds is 9. The lowest BCUT2D eigenvalue weighted by molar-refractivity contribution is 0.307. The molecule has 2 aromatic rings. The summed E-state index contributed by atoms with van der Waals surface area (Å²) >= 11 is 3.45. The van der Waals surface area contributed by atoms with Crippen LogP contribution in [0.5, 0.6) is 11.5 Å². The number of aryl methyl sites for hydroxylation is 1. The van der Waals surface area contributed by atoms with E-state index in [1.807, 2.05) is 0 Å². The lowest BCUT2D eigenvalue weighted by Crippen LogP contribution is -2.01. The normalized spacial score (nSPS) is 10.9. The Hall–Kier alpha value is -1.22. The van der Waals surface area contributed by atoms with E-state index < -0.39 is 0 Å². The summed E-state index contributed by atoms with van der Waals surface area (Å²) in [6.07, 6.45) is 4.23. The molecule has 120 valence electrons. The van der Waals surface area contributed by atoms with E-state index in [1.54, 1.807) is 0 Å². The van der Waals surface area contributed by atoms with Crippen LogP contribution >= 0.6 is 15.9 Å². The van der Waals surface area contributed by atoms with Crippen molar-refractivity contribution in [3.05, 3.63) is 35.9 Å². The number of hydrogen-bond donors (Lipinski definition) is 0. The van der Waals surface area contributed by atoms with E-state index in [0.29, 0.717) is 0 Å². The van der Waals surface area contributed by atoms with Gasteiger partial charge in [0.05, 0.1) is 13.2 Å². The van der Waals surface area contributed by atoms with Crippen LogP contribution < -0.4 is 9.47 Å². The van der Waals surface area contributed by atoms with E-state index in [0.717, 1.165) is 55.7 Å². The maximum atomic E-state index is 5.98. The van der Waals surface area contributed by atoms with Crippen LogP contribution in [0, 0.1) is 0 Å². The van der Waals surface area contributed by atoms with Crippen LogP contribution in [0.2, 0.25) is 0 Å². The maximum absolute atomic E-state index is 5.98. The molecular formula is C19H25BrO2. The van der Waals surface area contributed by atoms with Crippen molar-refractivity contribution < 1.29 is 9.47 Å². The molecule has 2 nitrogen and oxygen atoms in total. The molecule has 0 spiro atoms. The predicted molar refractivity (Wildman–Crippen MR) is 97.6 cm³/mol. The summed E-state index contributed by atoms with van der Waals surface area (Å²) in [5.74, 6) is 1.97. The second kappa shape index (κ2) is 9.04. The van der Waals surface area contributed by atoms with Crippen LogP contribution in [-0.4, -0.2) is 18.5 Å². The van der Waals surface area contributed by atoms with Crippen LogP contribution in [0.15, 0.2) is 30.3 Å². The van der Waals surface area contributed by atoms with E-state index in [4.69, 9.17) is 9.47 Å². The summed E-state index contributed by atoms with van der Waals surface area (Å²) in [6.45, 7) is 5.85. The minimum atomic E-state index is 0.765. The van der Waals surface area contributed by atoms with Crippen LogP contribution in [0.3, 0.4) is 0 Å². The smallest absolute Gasteiger partial charge is 0.123 e. The van der Waals surface area contributed by atoms with Crippen LogP contribution in [0.4, 0.5) is 0 Å². The second-order valence-corrected chi connectivity index (χ2v) is 6.16. The van der Waals surface area contributed by atoms with Crippen molar-refractivity contribution in [2.45, 2.75) is 39.5 Å². The first-order chi connectivity index (χ1) is 10.8. The predicted octanol–water partition coefficient (Wildman–Crippen LogP) is 5.74. The lowest BCUT2D eigenvalue weighted by Gasteiger charge is -2.14. The Morgan fingerprint density at radius 1 is 0.955 bits per heavy atom. The van der Waals surface area contributed by atoms with Gasteiger partial charge in [0.2, 0.25) is 0 Å². The number of benzene rings is 2. The number of halogens is 1. The SMILES string of the molecule is CCCOc1ccc2c(CC)c(OCCCCBr)ccc2c1. The summed E-state index contributed by atoms with van der Waals surface area (Å²) in [7, 11) is 0. The fourth-order valence-corrected chi connectivity index (χ4v) is 2.94. The molecule has 0 aliphatic heterocycles. The van der Waals surface area contributed by atoms with Gasteiger partial charge in [-0.05, 0) is 54.7 Å². The van der Waals surface area contributed by atoms with Gasteiger partial charge in [-0.25, -0.2) is 0 Å². The molecule has 0 bridgehead atoms. The summed E-state index contributed by atoms with van der Waals surface area (Å²) in [6, 6.07) is 10.6. The Labute approximate surface area is 141 Å². The average Bonchev–Trinajstić information content (AvgIpc) is 2.56. The van der Waals surface area contributed by atoms with Gasteiger partial charge < -0.3 is 9.47 Å². The second-order valence-electron chi connectivity index (χ2n) is 5.37. The van der Waals surface area contributed by atoms with E-state index >= 15 is 0 Å². The Morgan fingerprint density at radius 2 is 1.82 bits per heavy atom. The zero-order valence-corrected chi connectivity index (χ0v) is 15.1. The first-order valence-electron chi connectivity index (χ1n) is 8.17. The molecule has 0 fully saturated rings. The van der Waals surface area contributed by atoms with E-state index in [9.17, 15) is 0 Å². The van der Waals surface area contributed by atoms with Gasteiger partial charge in [-0.2, -0.15) is 0 Å². The van der Waals surface area contributed by atoms with Gasteiger partial charge in [0.15, 0.2) is 0 Å². The lowest BCUT2D eigenvalue weighted by atomic mass is 10.0. The zero-order valence-electron chi connectivity index (χ0n) is 13.5. The Kier molecular flexibility index (Phi) is 7.04. The van der Waals surface area contributed by atoms with Gasteiger partial charge >= 0.3 is 0 Å². The van der Waals surface area contributed by atoms with Gasteiger partial charge in [-0.3, -0.25) is 0 Å². The fourth-order valence-electron chi connectivity index (χ4n) is 2.54. The Morgan fingerprint density at radius 3 is 2.55 bits per heavy atom. The number of fused-ring (bicyclic) bond motifs is 1. The first kappa shape index (κ1) is 17.1. The third-order valence-corrected chi connectivity index (χ3v) is 4.23. The summed E-state index contributed by atoms with van der Waals surface area (Å²) in [5, 5.41) is 3.53. The molecular weight excluding hydrogens is 340 g/mol. The number of alkyl halides is 1. The van der Waals surface area contributed by atoms with Crippen molar-refractivity contribution in [2.24, 2.45) is 0 Å². The van der Waals surface area contributed by atoms with Gasteiger partial charge in [0.1, 0.15) is 11.5 Å². The molecule has 0 aromatic heterocycles. The van der Waals surface area contributed by atoms with Crippen molar-refractivity contribution in [1.29, 1.82) is 0 Å². The van der Waals surface area contributed by atoms with Crippen molar-refractivity contribution in [2.75, 3.05) is 18.5 Å². The Balaban J connectivity index is 2.21. The van der Waals surface area contributed by atoms with E-state index in [-0.39, 0.29) is 0 Å². The first-order valence-corrected chi connectivity index (χ1v) is 9.29. The molecule has 2 aromatic carbocycles. The molecule has 2 rings (SSSR count). The van der Waals surface area contributed by atoms with E-state index in [1.165, 1.54) is 16.3 Å². The molecule has 3 heteroatoms. The minimum absolute atomic E-state index is 0.765. The maximum Gasteiger partial charge on any atom is 0.123 e. The average molecular weight is 365 g/mol. The van der Waals surface area contributed by atoms with Gasteiger partial charge in [-0.15, -0.1) is 0 Å². The van der Waals surface area contributed by atoms with Gasteiger partial charge in [0.25, 0.3) is 0 Å². The van der Waals surface area contributed by atoms with E-state index in [2.05, 4.69) is 60.1 Å². The number of unbranched alkanes of at least 4 members (excludes halogenated alkanes) is 1. The summed E-state index contributed by atoms with van der Waals surface area (Å²) in [5.41, 5.74) is 1.29. The van der Waals surface area contributed by atoms with Gasteiger partial charge in [-0.1, -0.05) is 41.9 Å². The quantitative estimate of drug-likeness (QED) is 0.416. The summed E-state index contributed by atoms with van der Waals surface area (Å²) < 4.78 is 11.7. The molecule has 0 atom stereocenters. The largest absolute Gasteiger partial charge is 0.494 e. The topological polar surface area (TPSA) is 18.5 Å². The summed E-state index contributed by atoms with van der Waals surface area (Å²) in [4.78, 5) is 0. The molecule has 0 aliphatic carbocycles. The molecule has 0 unspecified atom stereocenters. The highest BCUT2D eigenvalue weighted by Crippen LogP contribution is 2.31. The fraction of sp³-hybridized carbons (Fsp3) is 0.474. The van der Waals surface area contributed by atoms with Crippen LogP contribution in [0.1, 0.15) is 38.7 Å². The molecule has 0 amide bonds. The molecule has 0 saturated carbocycles. The molecule has 0 aliphatic rings. The van der Waals surface area contributed by atoms with Crippen molar-refractivity contribution >= 4 is 26.7 Å².